The van der Waals surface area contributed by atoms with Crippen LogP contribution < -0.4 is 15.9 Å². The van der Waals surface area contributed by atoms with Gasteiger partial charge in [0, 0.05) is 5.69 Å². The zero-order valence-corrected chi connectivity index (χ0v) is 7.54. The Morgan fingerprint density at radius 2 is 1.77 bits per heavy atom. The molecule has 68 valence electrons. The van der Waals surface area contributed by atoms with Crippen LogP contribution in [-0.2, 0) is 9.36 Å². The quantitative estimate of drug-likeness (QED) is 0.379. The van der Waals surface area contributed by atoms with Crippen LogP contribution in [0.15, 0.2) is 24.3 Å². The van der Waals surface area contributed by atoms with Crippen molar-refractivity contribution >= 4 is 26.4 Å². The first-order valence-electron chi connectivity index (χ1n) is 3.50. The molecule has 0 aromatic heterocycles. The summed E-state index contributed by atoms with van der Waals surface area (Å²) in [5.74, 6) is 0. The summed E-state index contributed by atoms with van der Waals surface area (Å²) in [6.07, 6.45) is 0.544. The highest BCUT2D eigenvalue weighted by molar-refractivity contribution is 7.25. The Kier molecular flexibility index (Phi) is 3.73. The normalized spacial score (nSPS) is 9.23. The monoisotopic (exact) mass is 197 g/mol. The van der Waals surface area contributed by atoms with Crippen LogP contribution in [0.3, 0.4) is 0 Å². The van der Waals surface area contributed by atoms with Gasteiger partial charge in [0.1, 0.15) is 0 Å². The number of hydrogen-bond donors (Lipinski definition) is 3. The maximum Gasteiger partial charge on any atom is 0.279 e. The molecule has 0 aliphatic rings. The Balaban J connectivity index is 2.58. The molecule has 0 saturated carbocycles. The molecule has 13 heavy (non-hydrogen) atoms. The molecule has 0 aliphatic carbocycles. The van der Waals surface area contributed by atoms with E-state index in [-0.39, 0.29) is 8.61 Å². The van der Waals surface area contributed by atoms with Crippen LogP contribution in [0.1, 0.15) is 0 Å². The van der Waals surface area contributed by atoms with Gasteiger partial charge in [0.25, 0.3) is 8.61 Å². The highest BCUT2D eigenvalue weighted by Crippen LogP contribution is 2.14. The van der Waals surface area contributed by atoms with Crippen molar-refractivity contribution in [1.82, 2.24) is 5.43 Å². The van der Waals surface area contributed by atoms with Crippen molar-refractivity contribution < 1.29 is 9.36 Å². The van der Waals surface area contributed by atoms with E-state index in [0.717, 1.165) is 11.4 Å². The molecule has 0 unspecified atom stereocenters. The lowest BCUT2D eigenvalue weighted by Crippen LogP contribution is -2.18. The molecule has 0 fully saturated rings. The lowest BCUT2D eigenvalue weighted by atomic mass is 10.3. The van der Waals surface area contributed by atoms with E-state index in [1.165, 1.54) is 0 Å². The fourth-order valence-electron chi connectivity index (χ4n) is 0.794. The van der Waals surface area contributed by atoms with Crippen LogP contribution in [0, 0.1) is 0 Å². The fourth-order valence-corrected chi connectivity index (χ4v) is 1.05. The van der Waals surface area contributed by atoms with Gasteiger partial charge in [0.05, 0.1) is 5.69 Å². The van der Waals surface area contributed by atoms with Crippen LogP contribution >= 0.6 is 8.61 Å². The average Bonchev–Trinajstić information content (AvgIpc) is 2.17. The Morgan fingerprint density at radius 3 is 2.31 bits per heavy atom. The first kappa shape index (κ1) is 9.48. The molecular formula is C7H8N3O2P. The number of anilines is 2. The van der Waals surface area contributed by atoms with E-state index in [1.54, 1.807) is 24.3 Å². The Morgan fingerprint density at radius 1 is 1.15 bits per heavy atom. The number of hydrazine groups is 1. The highest BCUT2D eigenvalue weighted by atomic mass is 31.1. The molecule has 0 aliphatic heterocycles. The van der Waals surface area contributed by atoms with E-state index >= 15 is 0 Å². The van der Waals surface area contributed by atoms with Gasteiger partial charge >= 0.3 is 0 Å². The zero-order valence-electron chi connectivity index (χ0n) is 6.65. The molecule has 3 N–H and O–H groups in total. The second-order valence-corrected chi connectivity index (χ2v) is 2.57. The van der Waals surface area contributed by atoms with Gasteiger partial charge in [-0.25, -0.2) is 4.57 Å². The summed E-state index contributed by atoms with van der Waals surface area (Å²) in [5, 5.41) is 2.59. The summed E-state index contributed by atoms with van der Waals surface area (Å²) in [6.45, 7) is 0. The van der Waals surface area contributed by atoms with Crippen molar-refractivity contribution in [2.24, 2.45) is 0 Å². The van der Waals surface area contributed by atoms with Gasteiger partial charge in [0.2, 0.25) is 6.41 Å². The standard InChI is InChI=1S/C7H8N3O2P/c11-5-8-9-6-1-3-7(4-2-6)10-13-12/h1-5,9H,(H,8,11)(H,10,12). The second-order valence-electron chi connectivity index (χ2n) is 2.17. The van der Waals surface area contributed by atoms with Gasteiger partial charge in [-0.15, -0.1) is 0 Å². The molecule has 0 bridgehead atoms. The Labute approximate surface area is 76.8 Å². The molecule has 0 atom stereocenters. The van der Waals surface area contributed by atoms with Gasteiger partial charge in [-0.1, -0.05) is 0 Å². The molecular weight excluding hydrogens is 189 g/mol. The average molecular weight is 197 g/mol. The SMILES string of the molecule is O=CNNc1ccc(NP=O)cc1. The van der Waals surface area contributed by atoms with Crippen molar-refractivity contribution in [2.75, 3.05) is 10.5 Å². The van der Waals surface area contributed by atoms with E-state index in [2.05, 4.69) is 15.9 Å². The molecule has 0 radical (unpaired) electrons. The minimum Gasteiger partial charge on any atom is -0.305 e. The Bertz CT molecular complexity index is 288. The summed E-state index contributed by atoms with van der Waals surface area (Å²) in [6, 6.07) is 6.95. The number of carbonyl (C=O) groups is 1. The largest absolute Gasteiger partial charge is 0.305 e. The van der Waals surface area contributed by atoms with Crippen molar-refractivity contribution in [1.29, 1.82) is 0 Å². The predicted octanol–water partition coefficient (Wildman–Crippen LogP) is 1.38. The van der Waals surface area contributed by atoms with Crippen molar-refractivity contribution in [2.45, 2.75) is 0 Å². The minimum atomic E-state index is -0.136. The molecule has 0 heterocycles. The number of benzene rings is 1. The summed E-state index contributed by atoms with van der Waals surface area (Å²) < 4.78 is 10.1. The second kappa shape index (κ2) is 5.11. The van der Waals surface area contributed by atoms with Gasteiger partial charge in [-0.3, -0.25) is 15.6 Å². The van der Waals surface area contributed by atoms with E-state index in [4.69, 9.17) is 0 Å². The van der Waals surface area contributed by atoms with Crippen molar-refractivity contribution in [3.05, 3.63) is 24.3 Å². The molecule has 0 spiro atoms. The molecule has 1 rings (SSSR count). The van der Waals surface area contributed by atoms with Gasteiger partial charge in [0.15, 0.2) is 0 Å². The third-order valence-corrected chi connectivity index (χ3v) is 1.68. The maximum absolute atomic E-state index is 10.1. The topological polar surface area (TPSA) is 70.2 Å². The first-order valence-corrected chi connectivity index (χ1v) is 4.31. The smallest absolute Gasteiger partial charge is 0.279 e. The van der Waals surface area contributed by atoms with E-state index in [9.17, 15) is 9.36 Å². The zero-order chi connectivity index (χ0) is 9.52. The fraction of sp³-hybridized carbons (Fsp3) is 0. The number of rotatable bonds is 5. The highest BCUT2D eigenvalue weighted by Gasteiger charge is 1.91. The third-order valence-electron chi connectivity index (χ3n) is 1.34. The van der Waals surface area contributed by atoms with E-state index < -0.39 is 0 Å². The molecule has 1 aromatic rings. The number of hydrogen-bond acceptors (Lipinski definition) is 3. The lowest BCUT2D eigenvalue weighted by molar-refractivity contribution is -0.109. The maximum atomic E-state index is 10.1. The van der Waals surface area contributed by atoms with Gasteiger partial charge in [-0.05, 0) is 24.3 Å². The molecule has 5 nitrogen and oxygen atoms in total. The number of nitrogens with one attached hydrogen (secondary N) is 3. The third kappa shape index (κ3) is 3.09. The van der Waals surface area contributed by atoms with Crippen LogP contribution in [0.5, 0.6) is 0 Å². The predicted molar refractivity (Wildman–Crippen MR) is 50.5 cm³/mol. The van der Waals surface area contributed by atoms with Gasteiger partial charge in [-0.2, -0.15) is 0 Å². The van der Waals surface area contributed by atoms with Crippen LogP contribution in [0.25, 0.3) is 0 Å². The number of amides is 1. The molecule has 6 heteroatoms. The summed E-state index contributed by atoms with van der Waals surface area (Å²) in [5.41, 5.74) is 6.43. The first-order chi connectivity index (χ1) is 6.36. The Hall–Kier alpha value is -1.61. The summed E-state index contributed by atoms with van der Waals surface area (Å²) >= 11 is 0. The summed E-state index contributed by atoms with van der Waals surface area (Å²) in [7, 11) is -0.136. The van der Waals surface area contributed by atoms with Crippen LogP contribution in [0.4, 0.5) is 11.4 Å². The van der Waals surface area contributed by atoms with Crippen LogP contribution in [0.2, 0.25) is 0 Å². The summed E-state index contributed by atoms with van der Waals surface area (Å²) in [4.78, 5) is 9.92. The minimum absolute atomic E-state index is 0.136. The number of carbonyl (C=O) groups excluding carboxylic acids is 1. The van der Waals surface area contributed by atoms with E-state index in [1.807, 2.05) is 0 Å². The van der Waals surface area contributed by atoms with Crippen molar-refractivity contribution in [3.63, 3.8) is 0 Å². The molecule has 1 amide bonds. The van der Waals surface area contributed by atoms with Crippen LogP contribution in [-0.4, -0.2) is 6.41 Å². The lowest BCUT2D eigenvalue weighted by Gasteiger charge is -2.03. The molecule has 1 aromatic carbocycles. The van der Waals surface area contributed by atoms with E-state index in [0.29, 0.717) is 6.41 Å². The van der Waals surface area contributed by atoms with Crippen molar-refractivity contribution in [3.8, 4) is 0 Å². The van der Waals surface area contributed by atoms with Gasteiger partial charge < -0.3 is 5.09 Å². The molecule has 0 saturated heterocycles.